The average Bonchev–Trinajstić information content (AvgIpc) is 3.36. The summed E-state index contributed by atoms with van der Waals surface area (Å²) in [7, 11) is 1.57. The largest absolute Gasteiger partial charge is 0.515 e. The van der Waals surface area contributed by atoms with Crippen LogP contribution in [0.3, 0.4) is 0 Å². The number of pyridine rings is 1. The molecule has 0 aliphatic carbocycles. The minimum Gasteiger partial charge on any atom is -0.431 e. The Morgan fingerprint density at radius 3 is 2.61 bits per heavy atom. The molecule has 0 radical (unpaired) electrons. The molecule has 2 N–H and O–H groups in total. The van der Waals surface area contributed by atoms with Crippen LogP contribution in [0, 0.1) is 0 Å². The lowest BCUT2D eigenvalue weighted by Crippen LogP contribution is -2.17. The first kappa shape index (κ1) is 21.2. The second kappa shape index (κ2) is 8.38. The molecule has 0 spiro atoms. The second-order valence-electron chi connectivity index (χ2n) is 7.86. The lowest BCUT2D eigenvalue weighted by Gasteiger charge is -2.11. The van der Waals surface area contributed by atoms with Gasteiger partial charge >= 0.3 is 6.16 Å². The Balaban J connectivity index is 1.75. The molecule has 0 saturated heterocycles. The van der Waals surface area contributed by atoms with Crippen molar-refractivity contribution in [3.63, 3.8) is 0 Å². The Morgan fingerprint density at radius 1 is 1.06 bits per heavy atom. The normalized spacial score (nSPS) is 11.7. The van der Waals surface area contributed by atoms with Crippen molar-refractivity contribution in [1.82, 2.24) is 19.9 Å². The van der Waals surface area contributed by atoms with Gasteiger partial charge in [-0.05, 0) is 38.1 Å². The Labute approximate surface area is 193 Å². The fourth-order valence-corrected chi connectivity index (χ4v) is 4.16. The highest BCUT2D eigenvalue weighted by molar-refractivity contribution is 6.33. The van der Waals surface area contributed by atoms with Gasteiger partial charge in [-0.2, -0.15) is 0 Å². The summed E-state index contributed by atoms with van der Waals surface area (Å²) in [6.07, 6.45) is 0.493. The smallest absolute Gasteiger partial charge is 0.431 e. The maximum atomic E-state index is 12.2. The number of aromatic amines is 2. The van der Waals surface area contributed by atoms with Crippen molar-refractivity contribution in [2.75, 3.05) is 7.11 Å². The summed E-state index contributed by atoms with van der Waals surface area (Å²) >= 11 is 6.40. The maximum Gasteiger partial charge on any atom is 0.515 e. The van der Waals surface area contributed by atoms with E-state index in [1.165, 1.54) is 0 Å². The number of nitrogens with zero attached hydrogens (tertiary/aromatic N) is 2. The van der Waals surface area contributed by atoms with E-state index in [1.54, 1.807) is 27.2 Å². The lowest BCUT2D eigenvalue weighted by molar-refractivity contribution is 0.0705. The van der Waals surface area contributed by atoms with E-state index >= 15 is 0 Å². The van der Waals surface area contributed by atoms with E-state index in [1.807, 2.05) is 36.4 Å². The van der Waals surface area contributed by atoms with E-state index in [9.17, 15) is 4.79 Å². The average molecular weight is 465 g/mol. The summed E-state index contributed by atoms with van der Waals surface area (Å²) < 4.78 is 16.0. The fourth-order valence-electron chi connectivity index (χ4n) is 3.94. The highest BCUT2D eigenvalue weighted by Gasteiger charge is 2.21. The molecule has 5 aromatic rings. The molecule has 33 heavy (non-hydrogen) atoms. The molecular weight excluding hydrogens is 444 g/mol. The summed E-state index contributed by atoms with van der Waals surface area (Å²) in [4.78, 5) is 28.1. The maximum absolute atomic E-state index is 12.2. The van der Waals surface area contributed by atoms with Crippen LogP contribution in [0.25, 0.3) is 44.2 Å². The number of nitrogens with one attached hydrogen (secondary N) is 2. The van der Waals surface area contributed by atoms with E-state index in [2.05, 4.69) is 15.0 Å². The molecule has 0 fully saturated rings. The second-order valence-corrected chi connectivity index (χ2v) is 8.26. The van der Waals surface area contributed by atoms with E-state index in [4.69, 9.17) is 30.8 Å². The van der Waals surface area contributed by atoms with E-state index in [0.29, 0.717) is 16.4 Å². The predicted octanol–water partition coefficient (Wildman–Crippen LogP) is 5.98. The number of hydrogen-bond acceptors (Lipinski definition) is 6. The zero-order chi connectivity index (χ0) is 23.1. The number of aromatic nitrogens is 4. The number of H-pyrrole nitrogens is 2. The molecule has 0 aliphatic heterocycles. The quantitative estimate of drug-likeness (QED) is 0.310. The van der Waals surface area contributed by atoms with Gasteiger partial charge in [0.25, 0.3) is 0 Å². The molecule has 0 bridgehead atoms. The number of imidazole rings is 1. The van der Waals surface area contributed by atoms with Gasteiger partial charge in [0.2, 0.25) is 5.88 Å². The highest BCUT2D eigenvalue weighted by Crippen LogP contribution is 2.38. The minimum absolute atomic E-state index is 0.134. The minimum atomic E-state index is -0.819. The number of methoxy groups -OCH3 is 1. The molecule has 0 atom stereocenters. The fraction of sp³-hybridized carbons (Fsp3) is 0.208. The number of carbonyl (C=O) groups excluding carboxylic acids is 1. The molecule has 0 aliphatic rings. The van der Waals surface area contributed by atoms with Crippen LogP contribution < -0.4 is 4.74 Å². The van der Waals surface area contributed by atoms with Gasteiger partial charge in [0, 0.05) is 29.0 Å². The summed E-state index contributed by atoms with van der Waals surface area (Å²) in [5.41, 5.74) is 4.68. The van der Waals surface area contributed by atoms with Crippen molar-refractivity contribution >= 4 is 50.6 Å². The molecular formula is C24H21ClN4O4. The van der Waals surface area contributed by atoms with Crippen LogP contribution in [0.5, 0.6) is 5.88 Å². The third-order valence-electron chi connectivity index (χ3n) is 5.24. The molecule has 8 nitrogen and oxygen atoms in total. The van der Waals surface area contributed by atoms with Gasteiger partial charge in [-0.25, -0.2) is 14.8 Å². The first-order valence-electron chi connectivity index (χ1n) is 10.4. The molecule has 0 amide bonds. The van der Waals surface area contributed by atoms with Crippen LogP contribution in [0.15, 0.2) is 42.6 Å². The van der Waals surface area contributed by atoms with E-state index in [0.717, 1.165) is 38.4 Å². The van der Waals surface area contributed by atoms with Gasteiger partial charge in [0.05, 0.1) is 46.0 Å². The summed E-state index contributed by atoms with van der Waals surface area (Å²) in [6.45, 7) is 3.68. The van der Waals surface area contributed by atoms with Crippen molar-refractivity contribution in [3.8, 4) is 17.3 Å². The van der Waals surface area contributed by atoms with Crippen LogP contribution in [0.1, 0.15) is 19.4 Å². The third-order valence-corrected chi connectivity index (χ3v) is 5.57. The summed E-state index contributed by atoms with van der Waals surface area (Å²) in [5.74, 6) is 0.798. The van der Waals surface area contributed by atoms with Gasteiger partial charge in [0.15, 0.2) is 0 Å². The Hall–Kier alpha value is -3.62. The molecule has 2 aromatic carbocycles. The molecule has 0 saturated carbocycles. The van der Waals surface area contributed by atoms with Gasteiger partial charge in [-0.3, -0.25) is 0 Å². The molecule has 5 rings (SSSR count). The molecule has 168 valence electrons. The number of fused-ring (bicyclic) bond motifs is 5. The van der Waals surface area contributed by atoms with Crippen molar-refractivity contribution in [2.45, 2.75) is 26.6 Å². The number of ether oxygens (including phenoxy) is 3. The van der Waals surface area contributed by atoms with Crippen LogP contribution in [0.2, 0.25) is 5.02 Å². The zero-order valence-corrected chi connectivity index (χ0v) is 19.0. The SMILES string of the molecule is COCc1c(OC(=O)OC(C)C)ncc2[nH]c3ccc4[nH]c(-c5ccccc5Cl)nc4c3c12. The number of halogens is 1. The van der Waals surface area contributed by atoms with Crippen molar-refractivity contribution in [2.24, 2.45) is 0 Å². The number of hydrogen-bond donors (Lipinski definition) is 2. The molecule has 3 aromatic heterocycles. The topological polar surface area (TPSA) is 102 Å². The van der Waals surface area contributed by atoms with Crippen molar-refractivity contribution < 1.29 is 19.0 Å². The van der Waals surface area contributed by atoms with Crippen LogP contribution in [-0.2, 0) is 16.1 Å². The van der Waals surface area contributed by atoms with Gasteiger partial charge in [-0.15, -0.1) is 0 Å². The molecule has 3 heterocycles. The van der Waals surface area contributed by atoms with E-state index < -0.39 is 6.16 Å². The number of rotatable bonds is 5. The van der Waals surface area contributed by atoms with Crippen molar-refractivity contribution in [3.05, 3.63) is 53.2 Å². The highest BCUT2D eigenvalue weighted by atomic mass is 35.5. The van der Waals surface area contributed by atoms with Gasteiger partial charge in [-0.1, -0.05) is 23.7 Å². The van der Waals surface area contributed by atoms with Crippen molar-refractivity contribution in [1.29, 1.82) is 0 Å². The Morgan fingerprint density at radius 2 is 1.85 bits per heavy atom. The molecule has 9 heteroatoms. The van der Waals surface area contributed by atoms with Gasteiger partial charge in [0.1, 0.15) is 5.82 Å². The van der Waals surface area contributed by atoms with Gasteiger partial charge < -0.3 is 24.2 Å². The molecule has 0 unspecified atom stereocenters. The number of benzene rings is 2. The van der Waals surface area contributed by atoms with Crippen LogP contribution in [-0.4, -0.2) is 39.3 Å². The monoisotopic (exact) mass is 464 g/mol. The lowest BCUT2D eigenvalue weighted by atomic mass is 10.1. The van der Waals surface area contributed by atoms with Crippen LogP contribution in [0.4, 0.5) is 4.79 Å². The summed E-state index contributed by atoms with van der Waals surface area (Å²) in [5, 5.41) is 2.29. The van der Waals surface area contributed by atoms with Crippen LogP contribution >= 0.6 is 11.6 Å². The summed E-state index contributed by atoms with van der Waals surface area (Å²) in [6, 6.07) is 11.5. The first-order chi connectivity index (χ1) is 16.0. The first-order valence-corrected chi connectivity index (χ1v) is 10.8. The number of carbonyl (C=O) groups is 1. The third kappa shape index (κ3) is 3.77. The van der Waals surface area contributed by atoms with E-state index in [-0.39, 0.29) is 18.6 Å². The Bertz CT molecular complexity index is 1510. The Kier molecular flexibility index (Phi) is 5.39. The predicted molar refractivity (Wildman–Crippen MR) is 127 cm³/mol. The zero-order valence-electron chi connectivity index (χ0n) is 18.2. The standard InChI is InChI=1S/C24H21ClN4O4/c1-12(2)32-24(30)33-23-14(11-31-3)19-18(10-26-23)27-16-8-9-17-21(20(16)19)29-22(28-17)13-6-4-5-7-15(13)25/h4-10,12,27H,11H2,1-3H3,(H,28,29).